The highest BCUT2D eigenvalue weighted by Crippen LogP contribution is 2.49. The average Bonchev–Trinajstić information content (AvgIpc) is 3.21. The molecule has 19 heavy (non-hydrogen) atoms. The third-order valence-electron chi connectivity index (χ3n) is 3.39. The Hall–Kier alpha value is -1.94. The van der Waals surface area contributed by atoms with Crippen LogP contribution < -0.4 is 5.32 Å². The highest BCUT2D eigenvalue weighted by Gasteiger charge is 2.51. The Morgan fingerprint density at radius 1 is 1.32 bits per heavy atom. The van der Waals surface area contributed by atoms with Crippen molar-refractivity contribution in [1.29, 1.82) is 0 Å². The summed E-state index contributed by atoms with van der Waals surface area (Å²) in [6, 6.07) is 9.15. The van der Waals surface area contributed by atoms with E-state index in [-0.39, 0.29) is 5.91 Å². The number of hydrogen-bond donors (Lipinski definition) is 1. The number of amides is 1. The van der Waals surface area contributed by atoms with E-state index in [9.17, 15) is 4.79 Å². The molecule has 1 N–H and O–H groups in total. The van der Waals surface area contributed by atoms with Crippen LogP contribution in [0.5, 0.6) is 0 Å². The largest absolute Gasteiger partial charge is 0.310 e. The molecule has 0 radical (unpaired) electrons. The molecule has 0 bridgehead atoms. The van der Waals surface area contributed by atoms with Gasteiger partial charge in [0.05, 0.1) is 5.41 Å². The molecule has 96 valence electrons. The van der Waals surface area contributed by atoms with Gasteiger partial charge in [0.25, 0.3) is 0 Å². The first-order valence-electron chi connectivity index (χ1n) is 6.04. The zero-order valence-electron chi connectivity index (χ0n) is 10.1. The van der Waals surface area contributed by atoms with Crippen molar-refractivity contribution in [3.8, 4) is 0 Å². The van der Waals surface area contributed by atoms with E-state index in [1.54, 1.807) is 12.3 Å². The number of benzene rings is 1. The van der Waals surface area contributed by atoms with Crippen molar-refractivity contribution in [1.82, 2.24) is 9.97 Å². The van der Waals surface area contributed by atoms with E-state index in [2.05, 4.69) is 15.3 Å². The summed E-state index contributed by atoms with van der Waals surface area (Å²) in [4.78, 5) is 20.2. The molecule has 3 rings (SSSR count). The van der Waals surface area contributed by atoms with Crippen LogP contribution in [-0.4, -0.2) is 15.9 Å². The van der Waals surface area contributed by atoms with Crippen LogP contribution in [0.15, 0.2) is 42.9 Å². The molecule has 5 heteroatoms. The molecule has 4 nitrogen and oxygen atoms in total. The zero-order chi connectivity index (χ0) is 13.3. The molecule has 1 heterocycles. The molecule has 1 aliphatic carbocycles. The van der Waals surface area contributed by atoms with Gasteiger partial charge in [0, 0.05) is 11.2 Å². The lowest BCUT2D eigenvalue weighted by Gasteiger charge is -2.15. The van der Waals surface area contributed by atoms with Gasteiger partial charge >= 0.3 is 0 Å². The maximum atomic E-state index is 12.4. The van der Waals surface area contributed by atoms with E-state index in [0.29, 0.717) is 10.8 Å². The summed E-state index contributed by atoms with van der Waals surface area (Å²) in [5, 5.41) is 3.48. The lowest BCUT2D eigenvalue weighted by molar-refractivity contribution is -0.118. The molecule has 1 fully saturated rings. The van der Waals surface area contributed by atoms with Gasteiger partial charge < -0.3 is 5.32 Å². The minimum atomic E-state index is -0.449. The summed E-state index contributed by atoms with van der Waals surface area (Å²) in [6.07, 6.45) is 4.69. The molecular weight excluding hydrogens is 262 g/mol. The highest BCUT2D eigenvalue weighted by atomic mass is 35.5. The second-order valence-electron chi connectivity index (χ2n) is 4.64. The van der Waals surface area contributed by atoms with Crippen LogP contribution in [0.3, 0.4) is 0 Å². The average molecular weight is 274 g/mol. The molecule has 0 aliphatic heterocycles. The van der Waals surface area contributed by atoms with Crippen molar-refractivity contribution < 1.29 is 4.79 Å². The Bertz CT molecular complexity index is 611. The Morgan fingerprint density at radius 3 is 2.79 bits per heavy atom. The van der Waals surface area contributed by atoms with E-state index in [0.717, 1.165) is 18.4 Å². The van der Waals surface area contributed by atoms with E-state index in [1.165, 1.54) is 6.33 Å². The van der Waals surface area contributed by atoms with Crippen LogP contribution in [0.4, 0.5) is 5.82 Å². The number of nitrogens with one attached hydrogen (secondary N) is 1. The summed E-state index contributed by atoms with van der Waals surface area (Å²) >= 11 is 5.99. The van der Waals surface area contributed by atoms with Gasteiger partial charge in [-0.1, -0.05) is 23.7 Å². The first-order valence-corrected chi connectivity index (χ1v) is 6.42. The van der Waals surface area contributed by atoms with Crippen LogP contribution >= 0.6 is 11.6 Å². The second kappa shape index (κ2) is 4.63. The number of aromatic nitrogens is 2. The van der Waals surface area contributed by atoms with Gasteiger partial charge in [0.1, 0.15) is 12.1 Å². The third-order valence-corrected chi connectivity index (χ3v) is 3.62. The molecule has 0 saturated heterocycles. The van der Waals surface area contributed by atoms with Crippen LogP contribution in [0, 0.1) is 0 Å². The smallest absolute Gasteiger partial charge is 0.236 e. The van der Waals surface area contributed by atoms with E-state index in [4.69, 9.17) is 11.6 Å². The molecule has 0 unspecified atom stereocenters. The minimum Gasteiger partial charge on any atom is -0.310 e. The van der Waals surface area contributed by atoms with Gasteiger partial charge in [-0.3, -0.25) is 4.79 Å². The van der Waals surface area contributed by atoms with Crippen LogP contribution in [0.2, 0.25) is 5.02 Å². The number of nitrogens with zero attached hydrogens (tertiary/aromatic N) is 2. The highest BCUT2D eigenvalue weighted by molar-refractivity contribution is 6.30. The molecule has 1 aliphatic rings. The summed E-state index contributed by atoms with van der Waals surface area (Å²) in [5.41, 5.74) is 0.516. The van der Waals surface area contributed by atoms with E-state index >= 15 is 0 Å². The van der Waals surface area contributed by atoms with Gasteiger partial charge in [-0.15, -0.1) is 0 Å². The van der Waals surface area contributed by atoms with Crippen LogP contribution in [0.25, 0.3) is 0 Å². The summed E-state index contributed by atoms with van der Waals surface area (Å²) in [7, 11) is 0. The van der Waals surface area contributed by atoms with Gasteiger partial charge in [-0.2, -0.15) is 0 Å². The monoisotopic (exact) mass is 273 g/mol. The second-order valence-corrected chi connectivity index (χ2v) is 5.08. The summed E-state index contributed by atoms with van der Waals surface area (Å²) in [6.45, 7) is 0. The van der Waals surface area contributed by atoms with Gasteiger partial charge in [0.2, 0.25) is 5.91 Å². The summed E-state index contributed by atoms with van der Waals surface area (Å²) < 4.78 is 0. The van der Waals surface area contributed by atoms with Crippen molar-refractivity contribution in [2.24, 2.45) is 0 Å². The van der Waals surface area contributed by atoms with Gasteiger partial charge in [0.15, 0.2) is 0 Å². The molecule has 1 saturated carbocycles. The standard InChI is InChI=1S/C14H12ClN3O/c15-11-3-1-2-10(8-11)14(5-6-14)13(19)18-12-4-7-16-9-17-12/h1-4,7-9H,5-6H2,(H,16,17,18,19). The van der Waals surface area contributed by atoms with Crippen molar-refractivity contribution in [3.05, 3.63) is 53.4 Å². The Labute approximate surface area is 115 Å². The maximum absolute atomic E-state index is 12.4. The fourth-order valence-corrected chi connectivity index (χ4v) is 2.35. The third kappa shape index (κ3) is 2.31. The Balaban J connectivity index is 1.83. The minimum absolute atomic E-state index is 0.0338. The fraction of sp³-hybridized carbons (Fsp3) is 0.214. The van der Waals surface area contributed by atoms with Crippen LogP contribution in [0.1, 0.15) is 18.4 Å². The number of anilines is 1. The van der Waals surface area contributed by atoms with E-state index < -0.39 is 5.41 Å². The number of halogens is 1. The number of carbonyl (C=O) groups is 1. The number of hydrogen-bond acceptors (Lipinski definition) is 3. The zero-order valence-corrected chi connectivity index (χ0v) is 10.9. The Kier molecular flexibility index (Phi) is 2.95. The quantitative estimate of drug-likeness (QED) is 0.936. The number of carbonyl (C=O) groups excluding carboxylic acids is 1. The lowest BCUT2D eigenvalue weighted by atomic mass is 9.95. The van der Waals surface area contributed by atoms with Crippen molar-refractivity contribution in [2.45, 2.75) is 18.3 Å². The fourth-order valence-electron chi connectivity index (χ4n) is 2.16. The van der Waals surface area contributed by atoms with Crippen molar-refractivity contribution in [2.75, 3.05) is 5.32 Å². The predicted octanol–water partition coefficient (Wildman–Crippen LogP) is 2.80. The molecule has 1 aromatic heterocycles. The predicted molar refractivity (Wildman–Crippen MR) is 73.0 cm³/mol. The normalized spacial score (nSPS) is 15.8. The topological polar surface area (TPSA) is 54.9 Å². The van der Waals surface area contributed by atoms with Crippen molar-refractivity contribution >= 4 is 23.3 Å². The lowest BCUT2D eigenvalue weighted by Crippen LogP contribution is -2.28. The molecular formula is C14H12ClN3O. The Morgan fingerprint density at radius 2 is 2.16 bits per heavy atom. The first-order chi connectivity index (χ1) is 9.21. The SMILES string of the molecule is O=C(Nc1ccncn1)C1(c2cccc(Cl)c2)CC1. The van der Waals surface area contributed by atoms with E-state index in [1.807, 2.05) is 24.3 Å². The van der Waals surface area contributed by atoms with Crippen molar-refractivity contribution in [3.63, 3.8) is 0 Å². The number of rotatable bonds is 3. The first kappa shape index (κ1) is 12.1. The molecule has 0 atom stereocenters. The molecule has 1 amide bonds. The molecule has 2 aromatic rings. The maximum Gasteiger partial charge on any atom is 0.236 e. The van der Waals surface area contributed by atoms with Gasteiger partial charge in [-0.05, 0) is 36.6 Å². The van der Waals surface area contributed by atoms with Gasteiger partial charge in [-0.25, -0.2) is 9.97 Å². The van der Waals surface area contributed by atoms with Crippen LogP contribution in [-0.2, 0) is 10.2 Å². The summed E-state index contributed by atoms with van der Waals surface area (Å²) in [5.74, 6) is 0.488. The molecule has 1 aromatic carbocycles. The molecule has 0 spiro atoms.